The Kier molecular flexibility index (Phi) is 4.58. The first-order valence-electron chi connectivity index (χ1n) is 6.69. The van der Waals surface area contributed by atoms with Gasteiger partial charge in [-0.3, -0.25) is 0 Å². The van der Waals surface area contributed by atoms with Gasteiger partial charge >= 0.3 is 6.61 Å². The van der Waals surface area contributed by atoms with Crippen LogP contribution < -0.4 is 4.74 Å². The van der Waals surface area contributed by atoms with E-state index >= 15 is 0 Å². The Bertz CT molecular complexity index is 639. The molecule has 2 aromatic rings. The fourth-order valence-corrected chi connectivity index (χ4v) is 2.35. The fourth-order valence-electron chi connectivity index (χ4n) is 2.35. The van der Waals surface area contributed by atoms with E-state index < -0.39 is 12.7 Å². The molecule has 0 saturated carbocycles. The molecule has 112 valence electrons. The Hall–Kier alpha value is -1.94. The van der Waals surface area contributed by atoms with Gasteiger partial charge < -0.3 is 9.84 Å². The van der Waals surface area contributed by atoms with Crippen LogP contribution in [0.1, 0.15) is 33.9 Å². The highest BCUT2D eigenvalue weighted by Gasteiger charge is 2.19. The quantitative estimate of drug-likeness (QED) is 0.910. The Labute approximate surface area is 123 Å². The maximum absolute atomic E-state index is 12.5. The molecular formula is C17H18F2O2. The van der Waals surface area contributed by atoms with E-state index in [1.165, 1.54) is 6.07 Å². The van der Waals surface area contributed by atoms with Crippen molar-refractivity contribution in [3.05, 3.63) is 64.2 Å². The molecule has 21 heavy (non-hydrogen) atoms. The molecule has 0 aliphatic rings. The second kappa shape index (κ2) is 6.22. The number of aliphatic hydroxyl groups is 1. The van der Waals surface area contributed by atoms with Crippen molar-refractivity contribution >= 4 is 0 Å². The fraction of sp³-hybridized carbons (Fsp3) is 0.294. The molecule has 2 aromatic carbocycles. The van der Waals surface area contributed by atoms with Gasteiger partial charge in [-0.25, -0.2) is 0 Å². The SMILES string of the molecule is Cc1cc(C)c(C(O)c2ccccc2OC(F)F)cc1C. The third-order valence-electron chi connectivity index (χ3n) is 3.61. The molecule has 0 amide bonds. The van der Waals surface area contributed by atoms with Crippen molar-refractivity contribution in [1.29, 1.82) is 0 Å². The van der Waals surface area contributed by atoms with Crippen molar-refractivity contribution < 1.29 is 18.6 Å². The minimum Gasteiger partial charge on any atom is -0.434 e. The molecule has 0 spiro atoms. The maximum atomic E-state index is 12.5. The van der Waals surface area contributed by atoms with E-state index in [9.17, 15) is 13.9 Å². The molecule has 4 heteroatoms. The third-order valence-corrected chi connectivity index (χ3v) is 3.61. The lowest BCUT2D eigenvalue weighted by atomic mass is 9.93. The zero-order chi connectivity index (χ0) is 15.6. The third kappa shape index (κ3) is 3.39. The molecule has 0 aliphatic heterocycles. The Morgan fingerprint density at radius 3 is 2.19 bits per heavy atom. The van der Waals surface area contributed by atoms with Gasteiger partial charge in [0.25, 0.3) is 0 Å². The van der Waals surface area contributed by atoms with Crippen molar-refractivity contribution in [2.75, 3.05) is 0 Å². The summed E-state index contributed by atoms with van der Waals surface area (Å²) in [4.78, 5) is 0. The Morgan fingerprint density at radius 1 is 0.905 bits per heavy atom. The van der Waals surface area contributed by atoms with Crippen molar-refractivity contribution in [2.24, 2.45) is 0 Å². The molecule has 1 N–H and O–H groups in total. The average molecular weight is 292 g/mol. The van der Waals surface area contributed by atoms with Gasteiger partial charge in [0.1, 0.15) is 11.9 Å². The maximum Gasteiger partial charge on any atom is 0.387 e. The number of ether oxygens (including phenoxy) is 1. The normalized spacial score (nSPS) is 12.5. The van der Waals surface area contributed by atoms with Crippen LogP contribution in [0.15, 0.2) is 36.4 Å². The van der Waals surface area contributed by atoms with E-state index in [0.717, 1.165) is 16.7 Å². The van der Waals surface area contributed by atoms with Gasteiger partial charge in [-0.2, -0.15) is 8.78 Å². The lowest BCUT2D eigenvalue weighted by molar-refractivity contribution is -0.0512. The number of aryl methyl sites for hydroxylation is 3. The van der Waals surface area contributed by atoms with E-state index in [-0.39, 0.29) is 5.75 Å². The number of aliphatic hydroxyl groups excluding tert-OH is 1. The van der Waals surface area contributed by atoms with Gasteiger partial charge in [0, 0.05) is 5.56 Å². The first-order chi connectivity index (χ1) is 9.90. The molecule has 1 atom stereocenters. The van der Waals surface area contributed by atoms with Crippen molar-refractivity contribution in [3.8, 4) is 5.75 Å². The minimum atomic E-state index is -2.92. The molecular weight excluding hydrogens is 274 g/mol. The molecule has 1 unspecified atom stereocenters. The summed E-state index contributed by atoms with van der Waals surface area (Å²) in [6, 6.07) is 10.2. The molecule has 0 fully saturated rings. The van der Waals surface area contributed by atoms with Crippen molar-refractivity contribution in [3.63, 3.8) is 0 Å². The van der Waals surface area contributed by atoms with Crippen molar-refractivity contribution in [1.82, 2.24) is 0 Å². The van der Waals surface area contributed by atoms with Gasteiger partial charge in [-0.05, 0) is 49.1 Å². The summed E-state index contributed by atoms with van der Waals surface area (Å²) < 4.78 is 29.4. The van der Waals surface area contributed by atoms with E-state index in [4.69, 9.17) is 0 Å². The standard InChI is InChI=1S/C17H18F2O2/c1-10-8-12(3)14(9-11(10)2)16(20)13-6-4-5-7-15(13)21-17(18)19/h4-9,16-17,20H,1-3H3. The highest BCUT2D eigenvalue weighted by molar-refractivity contribution is 5.45. The highest BCUT2D eigenvalue weighted by Crippen LogP contribution is 2.33. The number of para-hydroxylation sites is 1. The largest absolute Gasteiger partial charge is 0.434 e. The summed E-state index contributed by atoms with van der Waals surface area (Å²) in [5.74, 6) is -0.00220. The summed E-state index contributed by atoms with van der Waals surface area (Å²) >= 11 is 0. The number of alkyl halides is 2. The van der Waals surface area contributed by atoms with Crippen LogP contribution in [-0.2, 0) is 0 Å². The predicted octanol–water partition coefficient (Wildman–Crippen LogP) is 4.29. The van der Waals surface area contributed by atoms with Crippen LogP contribution in [0, 0.1) is 20.8 Å². The van der Waals surface area contributed by atoms with Gasteiger partial charge in [0.05, 0.1) is 0 Å². The molecule has 0 heterocycles. The summed E-state index contributed by atoms with van der Waals surface area (Å²) in [5, 5.41) is 10.6. The van der Waals surface area contributed by atoms with Crippen LogP contribution >= 0.6 is 0 Å². The molecule has 0 radical (unpaired) electrons. The van der Waals surface area contributed by atoms with E-state index in [2.05, 4.69) is 4.74 Å². The highest BCUT2D eigenvalue weighted by atomic mass is 19.3. The zero-order valence-electron chi connectivity index (χ0n) is 12.2. The van der Waals surface area contributed by atoms with Gasteiger partial charge in [-0.15, -0.1) is 0 Å². The minimum absolute atomic E-state index is 0.00220. The van der Waals surface area contributed by atoms with Crippen LogP contribution in [0.3, 0.4) is 0 Å². The average Bonchev–Trinajstić information content (AvgIpc) is 2.42. The molecule has 2 nitrogen and oxygen atoms in total. The second-order valence-corrected chi connectivity index (χ2v) is 5.11. The topological polar surface area (TPSA) is 29.5 Å². The van der Waals surface area contributed by atoms with E-state index in [1.54, 1.807) is 18.2 Å². The Balaban J connectivity index is 2.45. The monoisotopic (exact) mass is 292 g/mol. The first-order valence-corrected chi connectivity index (χ1v) is 6.69. The number of hydrogen-bond acceptors (Lipinski definition) is 2. The molecule has 0 saturated heterocycles. The van der Waals surface area contributed by atoms with Gasteiger partial charge in [-0.1, -0.05) is 30.3 Å². The smallest absolute Gasteiger partial charge is 0.387 e. The number of hydrogen-bond donors (Lipinski definition) is 1. The summed E-state index contributed by atoms with van der Waals surface area (Å²) in [6.45, 7) is 2.92. The summed E-state index contributed by atoms with van der Waals surface area (Å²) in [7, 11) is 0. The van der Waals surface area contributed by atoms with E-state index in [1.807, 2.05) is 32.9 Å². The number of benzene rings is 2. The number of halogens is 2. The molecule has 0 bridgehead atoms. The second-order valence-electron chi connectivity index (χ2n) is 5.11. The van der Waals surface area contributed by atoms with Crippen LogP contribution in [0.4, 0.5) is 8.78 Å². The van der Waals surface area contributed by atoms with Crippen LogP contribution in [0.2, 0.25) is 0 Å². The van der Waals surface area contributed by atoms with Gasteiger partial charge in [0.2, 0.25) is 0 Å². The van der Waals surface area contributed by atoms with Crippen LogP contribution in [-0.4, -0.2) is 11.7 Å². The summed E-state index contributed by atoms with van der Waals surface area (Å²) in [6.07, 6.45) is -1.00. The molecule has 0 aliphatic carbocycles. The van der Waals surface area contributed by atoms with Crippen LogP contribution in [0.25, 0.3) is 0 Å². The van der Waals surface area contributed by atoms with E-state index in [0.29, 0.717) is 11.1 Å². The zero-order valence-corrected chi connectivity index (χ0v) is 12.2. The van der Waals surface area contributed by atoms with Gasteiger partial charge in [0.15, 0.2) is 0 Å². The van der Waals surface area contributed by atoms with Crippen LogP contribution in [0.5, 0.6) is 5.75 Å². The molecule has 0 aromatic heterocycles. The first kappa shape index (κ1) is 15.4. The van der Waals surface area contributed by atoms with Crippen molar-refractivity contribution in [2.45, 2.75) is 33.5 Å². The Morgan fingerprint density at radius 2 is 1.52 bits per heavy atom. The number of rotatable bonds is 4. The summed E-state index contributed by atoms with van der Waals surface area (Å²) in [5.41, 5.74) is 4.12. The molecule has 2 rings (SSSR count). The predicted molar refractivity (Wildman–Crippen MR) is 77.8 cm³/mol. The lowest BCUT2D eigenvalue weighted by Crippen LogP contribution is -2.09. The lowest BCUT2D eigenvalue weighted by Gasteiger charge is -2.19.